The van der Waals surface area contributed by atoms with Crippen molar-refractivity contribution in [1.82, 2.24) is 0 Å². The summed E-state index contributed by atoms with van der Waals surface area (Å²) in [4.78, 5) is 10.9. The Bertz CT molecular complexity index is 169. The van der Waals surface area contributed by atoms with Gasteiger partial charge in [0.25, 0.3) is 0 Å². The van der Waals surface area contributed by atoms with Crippen molar-refractivity contribution in [2.24, 2.45) is 5.41 Å². The number of hydrogen-bond acceptors (Lipinski definition) is 3. The molecule has 0 N–H and O–H groups in total. The molecule has 0 bridgehead atoms. The summed E-state index contributed by atoms with van der Waals surface area (Å²) in [5.74, 6) is -0.259. The lowest BCUT2D eigenvalue weighted by atomic mass is 9.96. The van der Waals surface area contributed by atoms with E-state index >= 15 is 0 Å². The summed E-state index contributed by atoms with van der Waals surface area (Å²) in [6.45, 7) is 7.63. The first-order chi connectivity index (χ1) is 4.91. The summed E-state index contributed by atoms with van der Waals surface area (Å²) in [5.41, 5.74) is -0.125. The number of carbonyl (C=O) groups excluding carboxylic acids is 1. The maximum Gasteiger partial charge on any atom is 0.337 e. The number of rotatable bonds is 0. The van der Waals surface area contributed by atoms with Crippen molar-refractivity contribution >= 4 is 5.97 Å². The molecule has 0 radical (unpaired) electrons. The zero-order valence-electron chi connectivity index (χ0n) is 7.38. The fourth-order valence-corrected chi connectivity index (χ4v) is 0.851. The molecule has 1 aliphatic heterocycles. The summed E-state index contributed by atoms with van der Waals surface area (Å²) >= 11 is 0. The number of hydrogen-bond donors (Lipinski definition) is 0. The molecule has 1 aliphatic rings. The van der Waals surface area contributed by atoms with Crippen LogP contribution in [0, 0.1) is 5.41 Å². The first kappa shape index (κ1) is 8.53. The minimum atomic E-state index is -0.403. The van der Waals surface area contributed by atoms with Crippen LogP contribution in [-0.4, -0.2) is 18.4 Å². The van der Waals surface area contributed by atoms with Crippen LogP contribution in [0.4, 0.5) is 0 Å². The Morgan fingerprint density at radius 1 is 1.36 bits per heavy atom. The van der Waals surface area contributed by atoms with E-state index in [4.69, 9.17) is 9.47 Å². The van der Waals surface area contributed by atoms with E-state index in [1.165, 1.54) is 0 Å². The second-order valence-corrected chi connectivity index (χ2v) is 3.91. The number of ether oxygens (including phenoxy) is 2. The maximum absolute atomic E-state index is 10.9. The molecule has 2 atom stereocenters. The van der Waals surface area contributed by atoms with Gasteiger partial charge in [0.05, 0.1) is 0 Å². The molecule has 0 saturated carbocycles. The van der Waals surface area contributed by atoms with Gasteiger partial charge in [0, 0.05) is 5.41 Å². The highest BCUT2D eigenvalue weighted by atomic mass is 16.8. The number of cyclic esters (lactones) is 1. The van der Waals surface area contributed by atoms with Gasteiger partial charge in [0.2, 0.25) is 6.29 Å². The molecule has 11 heavy (non-hydrogen) atoms. The molecule has 64 valence electrons. The van der Waals surface area contributed by atoms with Crippen LogP contribution in [0.5, 0.6) is 0 Å². The minimum Gasteiger partial charge on any atom is -0.433 e. The molecular formula is C8H14O3. The maximum atomic E-state index is 10.9. The van der Waals surface area contributed by atoms with Crippen molar-refractivity contribution in [3.63, 3.8) is 0 Å². The Morgan fingerprint density at radius 3 is 2.09 bits per heavy atom. The first-order valence-electron chi connectivity index (χ1n) is 3.77. The van der Waals surface area contributed by atoms with Crippen LogP contribution in [0.2, 0.25) is 0 Å². The third kappa shape index (κ3) is 1.71. The second kappa shape index (κ2) is 2.48. The zero-order valence-corrected chi connectivity index (χ0v) is 7.38. The molecule has 0 aromatic rings. The first-order valence-corrected chi connectivity index (χ1v) is 3.77. The topological polar surface area (TPSA) is 35.5 Å². The molecule has 0 aromatic heterocycles. The van der Waals surface area contributed by atoms with Gasteiger partial charge in [-0.3, -0.25) is 0 Å². The van der Waals surface area contributed by atoms with E-state index in [0.717, 1.165) is 0 Å². The van der Waals surface area contributed by atoms with Crippen LogP contribution < -0.4 is 0 Å². The van der Waals surface area contributed by atoms with E-state index < -0.39 is 6.10 Å². The predicted molar refractivity (Wildman–Crippen MR) is 39.9 cm³/mol. The van der Waals surface area contributed by atoms with Crippen LogP contribution in [-0.2, 0) is 14.3 Å². The molecule has 1 saturated heterocycles. The quantitative estimate of drug-likeness (QED) is 0.499. The molecule has 1 rings (SSSR count). The highest BCUT2D eigenvalue weighted by Gasteiger charge is 2.39. The van der Waals surface area contributed by atoms with Crippen LogP contribution in [0.15, 0.2) is 0 Å². The van der Waals surface area contributed by atoms with E-state index in [0.29, 0.717) is 0 Å². The molecule has 0 spiro atoms. The smallest absolute Gasteiger partial charge is 0.337 e. The number of carbonyl (C=O) groups is 1. The van der Waals surface area contributed by atoms with Crippen molar-refractivity contribution in [3.05, 3.63) is 0 Å². The average molecular weight is 158 g/mol. The largest absolute Gasteiger partial charge is 0.433 e. The molecule has 0 aliphatic carbocycles. The van der Waals surface area contributed by atoms with Crippen LogP contribution in [0.3, 0.4) is 0 Å². The normalized spacial score (nSPS) is 32.2. The predicted octanol–water partition coefficient (Wildman–Crippen LogP) is 1.32. The van der Waals surface area contributed by atoms with Gasteiger partial charge in [-0.05, 0) is 6.92 Å². The van der Waals surface area contributed by atoms with Crippen molar-refractivity contribution in [3.8, 4) is 0 Å². The number of esters is 1. The Hall–Kier alpha value is -0.570. The lowest BCUT2D eigenvalue weighted by Gasteiger charge is -2.23. The minimum absolute atomic E-state index is 0.125. The Morgan fingerprint density at radius 2 is 1.91 bits per heavy atom. The van der Waals surface area contributed by atoms with E-state index in [9.17, 15) is 4.79 Å². The van der Waals surface area contributed by atoms with Crippen molar-refractivity contribution in [2.45, 2.75) is 40.1 Å². The van der Waals surface area contributed by atoms with Gasteiger partial charge in [-0.25, -0.2) is 4.79 Å². The standard InChI is InChI=1S/C8H14O3/c1-5-6(9)11-7(10-5)8(2,3)4/h5,7H,1-4H3. The van der Waals surface area contributed by atoms with Crippen molar-refractivity contribution in [2.75, 3.05) is 0 Å². The highest BCUT2D eigenvalue weighted by Crippen LogP contribution is 2.28. The molecule has 1 heterocycles. The van der Waals surface area contributed by atoms with Gasteiger partial charge in [0.15, 0.2) is 6.10 Å². The Balaban J connectivity index is 2.61. The molecule has 0 amide bonds. The van der Waals surface area contributed by atoms with E-state index in [2.05, 4.69) is 0 Å². The van der Waals surface area contributed by atoms with Gasteiger partial charge in [0.1, 0.15) is 0 Å². The second-order valence-electron chi connectivity index (χ2n) is 3.91. The van der Waals surface area contributed by atoms with Gasteiger partial charge in [-0.1, -0.05) is 20.8 Å². The monoisotopic (exact) mass is 158 g/mol. The fourth-order valence-electron chi connectivity index (χ4n) is 0.851. The van der Waals surface area contributed by atoms with Gasteiger partial charge in [-0.15, -0.1) is 0 Å². The summed E-state index contributed by atoms with van der Waals surface area (Å²) in [6.07, 6.45) is -0.788. The summed E-state index contributed by atoms with van der Waals surface area (Å²) in [6, 6.07) is 0. The highest BCUT2D eigenvalue weighted by molar-refractivity contribution is 5.75. The lowest BCUT2D eigenvalue weighted by molar-refractivity contribution is -0.154. The summed E-state index contributed by atoms with van der Waals surface area (Å²) in [7, 11) is 0. The van der Waals surface area contributed by atoms with Crippen molar-refractivity contribution < 1.29 is 14.3 Å². The SMILES string of the molecule is CC1OC(C(C)(C)C)OC1=O. The third-order valence-corrected chi connectivity index (χ3v) is 1.59. The van der Waals surface area contributed by atoms with Gasteiger partial charge in [-0.2, -0.15) is 0 Å². The van der Waals surface area contributed by atoms with Gasteiger partial charge >= 0.3 is 5.97 Å². The zero-order chi connectivity index (χ0) is 8.65. The Labute approximate surface area is 66.7 Å². The Kier molecular flexibility index (Phi) is 1.92. The average Bonchev–Trinajstić information content (AvgIpc) is 2.11. The lowest BCUT2D eigenvalue weighted by Crippen LogP contribution is -2.27. The summed E-state index contributed by atoms with van der Waals surface area (Å²) < 4.78 is 10.2. The van der Waals surface area contributed by atoms with Crippen LogP contribution in [0.1, 0.15) is 27.7 Å². The van der Waals surface area contributed by atoms with E-state index in [1.54, 1.807) is 6.92 Å². The molecular weight excluding hydrogens is 144 g/mol. The molecule has 0 aromatic carbocycles. The van der Waals surface area contributed by atoms with E-state index in [-0.39, 0.29) is 17.7 Å². The van der Waals surface area contributed by atoms with Gasteiger partial charge < -0.3 is 9.47 Å². The van der Waals surface area contributed by atoms with Crippen molar-refractivity contribution in [1.29, 1.82) is 0 Å². The fraction of sp³-hybridized carbons (Fsp3) is 0.875. The van der Waals surface area contributed by atoms with Crippen LogP contribution >= 0.6 is 0 Å². The molecule has 1 fully saturated rings. The molecule has 2 unspecified atom stereocenters. The summed E-state index contributed by atoms with van der Waals surface area (Å²) in [5, 5.41) is 0. The van der Waals surface area contributed by atoms with E-state index in [1.807, 2.05) is 20.8 Å². The molecule has 3 nitrogen and oxygen atoms in total. The third-order valence-electron chi connectivity index (χ3n) is 1.59. The molecule has 3 heteroatoms. The van der Waals surface area contributed by atoms with Crippen LogP contribution in [0.25, 0.3) is 0 Å².